The molecule has 0 saturated carbocycles. The summed E-state index contributed by atoms with van der Waals surface area (Å²) in [6.45, 7) is 4.84. The van der Waals surface area contributed by atoms with E-state index in [0.717, 1.165) is 41.7 Å². The molecule has 2 fully saturated rings. The first-order chi connectivity index (χ1) is 13.1. The van der Waals surface area contributed by atoms with Crippen LogP contribution in [0.25, 0.3) is 0 Å². The number of alkyl halides is 3. The molecule has 0 unspecified atom stereocenters. The summed E-state index contributed by atoms with van der Waals surface area (Å²) in [5.74, 6) is 0.526. The van der Waals surface area contributed by atoms with Crippen molar-refractivity contribution in [3.63, 3.8) is 0 Å². The van der Waals surface area contributed by atoms with Crippen LogP contribution >= 0.6 is 0 Å². The molecule has 0 aliphatic carbocycles. The molecule has 0 spiro atoms. The molecule has 2 aliphatic rings. The van der Waals surface area contributed by atoms with Gasteiger partial charge >= 0.3 is 6.18 Å². The fraction of sp³-hybridized carbons (Fsp3) is 0.765. The van der Waals surface area contributed by atoms with Gasteiger partial charge in [-0.15, -0.1) is 0 Å². The number of hydrogen-bond donors (Lipinski definition) is 0. The van der Waals surface area contributed by atoms with Crippen molar-refractivity contribution in [2.75, 3.05) is 54.8 Å². The largest absolute Gasteiger partial charge is 0.390 e. The van der Waals surface area contributed by atoms with Crippen molar-refractivity contribution in [1.29, 1.82) is 0 Å². The van der Waals surface area contributed by atoms with Gasteiger partial charge in [-0.05, 0) is 26.2 Å². The molecular weight excluding hydrogens is 395 g/mol. The maximum absolute atomic E-state index is 12.4. The van der Waals surface area contributed by atoms with E-state index in [9.17, 15) is 21.6 Å². The molecule has 3 heterocycles. The van der Waals surface area contributed by atoms with Crippen molar-refractivity contribution in [2.45, 2.75) is 38.8 Å². The Bertz CT molecular complexity index is 773. The fourth-order valence-electron chi connectivity index (χ4n) is 3.50. The van der Waals surface area contributed by atoms with Crippen molar-refractivity contribution in [2.24, 2.45) is 0 Å². The summed E-state index contributed by atoms with van der Waals surface area (Å²) < 4.78 is 62.5. The van der Waals surface area contributed by atoms with Crippen molar-refractivity contribution in [1.82, 2.24) is 14.3 Å². The molecule has 3 rings (SSSR count). The maximum atomic E-state index is 12.4. The van der Waals surface area contributed by atoms with E-state index in [1.54, 1.807) is 0 Å². The minimum absolute atomic E-state index is 0.155. The number of aryl methyl sites for hydroxylation is 1. The Morgan fingerprint density at radius 1 is 0.964 bits per heavy atom. The number of piperazine rings is 1. The second-order valence-electron chi connectivity index (χ2n) is 7.28. The number of piperidine rings is 1. The summed E-state index contributed by atoms with van der Waals surface area (Å²) in [6, 6.07) is 1.86. The Kier molecular flexibility index (Phi) is 6.33. The highest BCUT2D eigenvalue weighted by molar-refractivity contribution is 7.89. The van der Waals surface area contributed by atoms with Crippen LogP contribution in [0.5, 0.6) is 0 Å². The molecule has 0 amide bonds. The molecule has 1 aromatic heterocycles. The van der Waals surface area contributed by atoms with Gasteiger partial charge in [-0.25, -0.2) is 13.4 Å². The van der Waals surface area contributed by atoms with Crippen LogP contribution in [0.15, 0.2) is 6.07 Å². The second kappa shape index (κ2) is 8.40. The molecule has 0 bridgehead atoms. The van der Waals surface area contributed by atoms with Gasteiger partial charge in [0.15, 0.2) is 0 Å². The van der Waals surface area contributed by atoms with Crippen molar-refractivity contribution in [3.8, 4) is 0 Å². The van der Waals surface area contributed by atoms with Gasteiger partial charge in [0.1, 0.15) is 5.82 Å². The first-order valence-corrected chi connectivity index (χ1v) is 11.2. The van der Waals surface area contributed by atoms with E-state index in [-0.39, 0.29) is 13.1 Å². The molecule has 1 aromatic rings. The Morgan fingerprint density at radius 2 is 1.61 bits per heavy atom. The van der Waals surface area contributed by atoms with Crippen LogP contribution in [-0.4, -0.2) is 73.9 Å². The van der Waals surface area contributed by atoms with E-state index in [1.165, 1.54) is 6.42 Å². The normalized spacial score (nSPS) is 19.9. The summed E-state index contributed by atoms with van der Waals surface area (Å²) in [4.78, 5) is 13.3. The van der Waals surface area contributed by atoms with Crippen LogP contribution in [0.4, 0.5) is 24.9 Å². The van der Waals surface area contributed by atoms with Crippen LogP contribution in [0, 0.1) is 6.92 Å². The van der Waals surface area contributed by atoms with Gasteiger partial charge in [0.2, 0.25) is 16.0 Å². The van der Waals surface area contributed by atoms with Crippen LogP contribution < -0.4 is 9.80 Å². The van der Waals surface area contributed by atoms with Gasteiger partial charge in [-0.2, -0.15) is 22.5 Å². The van der Waals surface area contributed by atoms with Gasteiger partial charge in [0, 0.05) is 51.0 Å². The van der Waals surface area contributed by atoms with E-state index >= 15 is 0 Å². The van der Waals surface area contributed by atoms with Crippen LogP contribution in [-0.2, 0) is 10.0 Å². The Hall–Kier alpha value is -1.62. The molecule has 158 valence electrons. The Balaban J connectivity index is 1.64. The number of halogens is 3. The van der Waals surface area contributed by atoms with E-state index in [1.807, 2.05) is 17.9 Å². The highest BCUT2D eigenvalue weighted by Gasteiger charge is 2.34. The highest BCUT2D eigenvalue weighted by Crippen LogP contribution is 2.24. The average molecular weight is 421 g/mol. The van der Waals surface area contributed by atoms with Crippen molar-refractivity contribution >= 4 is 21.8 Å². The number of nitrogens with zero attached hydrogens (tertiary/aromatic N) is 5. The summed E-state index contributed by atoms with van der Waals surface area (Å²) in [5.41, 5.74) is 0.839. The zero-order valence-electron chi connectivity index (χ0n) is 16.0. The van der Waals surface area contributed by atoms with Gasteiger partial charge in [-0.1, -0.05) is 0 Å². The average Bonchev–Trinajstić information content (AvgIpc) is 2.66. The molecule has 2 aliphatic heterocycles. The molecule has 0 radical (unpaired) electrons. The van der Waals surface area contributed by atoms with Crippen LogP contribution in [0.3, 0.4) is 0 Å². The lowest BCUT2D eigenvalue weighted by Gasteiger charge is -2.35. The first kappa shape index (κ1) is 21.1. The standard InChI is InChI=1S/C17H26F3N5O2S/c1-14-13-15(22-16(21-14)24-6-3-2-4-7-24)23-8-10-25(11-9-23)28(26,27)12-5-17(18,19)20/h13H,2-12H2,1H3. The predicted molar refractivity (Wildman–Crippen MR) is 101 cm³/mol. The molecule has 0 aromatic carbocycles. The lowest BCUT2D eigenvalue weighted by atomic mass is 10.1. The zero-order valence-corrected chi connectivity index (χ0v) is 16.8. The SMILES string of the molecule is Cc1cc(N2CCN(S(=O)(=O)CCC(F)(F)F)CC2)nc(N2CCCCC2)n1. The summed E-state index contributed by atoms with van der Waals surface area (Å²) >= 11 is 0. The lowest BCUT2D eigenvalue weighted by Crippen LogP contribution is -2.50. The third-order valence-electron chi connectivity index (χ3n) is 5.07. The molecular formula is C17H26F3N5O2S. The van der Waals surface area contributed by atoms with Crippen LogP contribution in [0.1, 0.15) is 31.4 Å². The molecule has 2 saturated heterocycles. The van der Waals surface area contributed by atoms with Crippen LogP contribution in [0.2, 0.25) is 0 Å². The number of rotatable bonds is 5. The number of sulfonamides is 1. The number of hydrogen-bond acceptors (Lipinski definition) is 6. The van der Waals surface area contributed by atoms with E-state index in [4.69, 9.17) is 0 Å². The summed E-state index contributed by atoms with van der Waals surface area (Å²) in [7, 11) is -3.91. The molecule has 0 N–H and O–H groups in total. The van der Waals surface area contributed by atoms with E-state index in [2.05, 4.69) is 14.9 Å². The van der Waals surface area contributed by atoms with Crippen molar-refractivity contribution < 1.29 is 21.6 Å². The quantitative estimate of drug-likeness (QED) is 0.726. The monoisotopic (exact) mass is 421 g/mol. The number of anilines is 2. The van der Waals surface area contributed by atoms with Gasteiger partial charge in [0.05, 0.1) is 12.2 Å². The fourth-order valence-corrected chi connectivity index (χ4v) is 4.97. The Labute approximate surface area is 163 Å². The zero-order chi connectivity index (χ0) is 20.4. The third kappa shape index (κ3) is 5.47. The minimum atomic E-state index is -4.47. The molecule has 28 heavy (non-hydrogen) atoms. The molecule has 7 nitrogen and oxygen atoms in total. The topological polar surface area (TPSA) is 69.6 Å². The highest BCUT2D eigenvalue weighted by atomic mass is 32.2. The van der Waals surface area contributed by atoms with Gasteiger partial charge < -0.3 is 9.80 Å². The van der Waals surface area contributed by atoms with E-state index < -0.39 is 28.4 Å². The molecule has 11 heteroatoms. The minimum Gasteiger partial charge on any atom is -0.354 e. The number of aromatic nitrogens is 2. The summed E-state index contributed by atoms with van der Waals surface area (Å²) in [5, 5.41) is 0. The smallest absolute Gasteiger partial charge is 0.354 e. The summed E-state index contributed by atoms with van der Waals surface area (Å²) in [6.07, 6.45) is -2.36. The second-order valence-corrected chi connectivity index (χ2v) is 9.37. The van der Waals surface area contributed by atoms with Gasteiger partial charge in [-0.3, -0.25) is 0 Å². The van der Waals surface area contributed by atoms with E-state index in [0.29, 0.717) is 19.0 Å². The Morgan fingerprint density at radius 3 is 2.21 bits per heavy atom. The lowest BCUT2D eigenvalue weighted by molar-refractivity contribution is -0.130. The van der Waals surface area contributed by atoms with Gasteiger partial charge in [0.25, 0.3) is 0 Å². The third-order valence-corrected chi connectivity index (χ3v) is 6.94. The molecule has 0 atom stereocenters. The first-order valence-electron chi connectivity index (χ1n) is 9.54. The van der Waals surface area contributed by atoms with Crippen molar-refractivity contribution in [3.05, 3.63) is 11.8 Å². The predicted octanol–water partition coefficient (Wildman–Crippen LogP) is 2.18. The maximum Gasteiger partial charge on any atom is 0.390 e.